The molecule has 0 spiro atoms. The van der Waals surface area contributed by atoms with E-state index in [0.717, 1.165) is 29.4 Å². The van der Waals surface area contributed by atoms with Crippen LogP contribution in [0.4, 0.5) is 0 Å². The van der Waals surface area contributed by atoms with Gasteiger partial charge in [0.05, 0.1) is 0 Å². The fraction of sp³-hybridized carbons (Fsp3) is 0.667. The fourth-order valence-electron chi connectivity index (χ4n) is 2.00. The molecule has 1 heterocycles. The van der Waals surface area contributed by atoms with E-state index in [-0.39, 0.29) is 0 Å². The first-order valence-electron chi connectivity index (χ1n) is 4.92. The normalized spacial score (nSPS) is 22.6. The number of halogens is 1. The molecule has 76 valence electrons. The molecule has 2 saturated carbocycles. The van der Waals surface area contributed by atoms with Gasteiger partial charge in [0, 0.05) is 11.3 Å². The molecule has 2 fully saturated rings. The van der Waals surface area contributed by atoms with E-state index in [4.69, 9.17) is 4.42 Å². The largest absolute Gasteiger partial charge is 0.439 e. The predicted molar refractivity (Wildman–Crippen MR) is 62.5 cm³/mol. The molecule has 2 aliphatic rings. The minimum Gasteiger partial charge on any atom is -0.439 e. The second-order valence-corrected chi connectivity index (χ2v) is 8.43. The highest BCUT2D eigenvalue weighted by Gasteiger charge is 2.54. The number of rotatable bonds is 3. The summed E-state index contributed by atoms with van der Waals surface area (Å²) in [6.07, 6.45) is 5.89. The zero-order chi connectivity index (χ0) is 9.76. The second kappa shape index (κ2) is 3.08. The maximum absolute atomic E-state index is 12.9. The quantitative estimate of drug-likeness (QED) is 0.634. The molecule has 0 aliphatic heterocycles. The van der Waals surface area contributed by atoms with E-state index in [1.165, 1.54) is 6.39 Å². The van der Waals surface area contributed by atoms with Crippen LogP contribution < -0.4 is 5.50 Å². The zero-order valence-electron chi connectivity index (χ0n) is 7.65. The number of hydrogen-bond donors (Lipinski definition) is 0. The Morgan fingerprint density at radius 1 is 1.36 bits per heavy atom. The van der Waals surface area contributed by atoms with Crippen molar-refractivity contribution in [3.63, 3.8) is 0 Å². The molecule has 0 amide bonds. The molecule has 0 radical (unpaired) electrons. The van der Waals surface area contributed by atoms with Crippen molar-refractivity contribution < 1.29 is 8.98 Å². The zero-order valence-corrected chi connectivity index (χ0v) is 10.7. The van der Waals surface area contributed by atoms with E-state index in [9.17, 15) is 4.57 Å². The molecule has 0 unspecified atom stereocenters. The Balaban J connectivity index is 2.07. The first-order chi connectivity index (χ1) is 6.73. The van der Waals surface area contributed by atoms with E-state index in [1.807, 2.05) is 0 Å². The predicted octanol–water partition coefficient (Wildman–Crippen LogP) is 2.59. The lowest BCUT2D eigenvalue weighted by Gasteiger charge is -2.13. The van der Waals surface area contributed by atoms with Gasteiger partial charge in [-0.2, -0.15) is 0 Å². The molecule has 14 heavy (non-hydrogen) atoms. The van der Waals surface area contributed by atoms with Crippen LogP contribution in [0.25, 0.3) is 0 Å². The Labute approximate surface area is 96.2 Å². The van der Waals surface area contributed by atoms with Crippen LogP contribution in [-0.2, 0) is 4.57 Å². The number of hydrogen-bond acceptors (Lipinski definition) is 3. The summed E-state index contributed by atoms with van der Waals surface area (Å²) in [5.74, 6) is 0. The number of oxazole rings is 1. The van der Waals surface area contributed by atoms with Gasteiger partial charge in [0.1, 0.15) is 0 Å². The Kier molecular flexibility index (Phi) is 2.07. The van der Waals surface area contributed by atoms with Crippen LogP contribution in [0.5, 0.6) is 0 Å². The van der Waals surface area contributed by atoms with Crippen LogP contribution in [0.2, 0.25) is 0 Å². The molecule has 0 saturated heterocycles. The summed E-state index contributed by atoms with van der Waals surface area (Å²) in [6.45, 7) is 0. The van der Waals surface area contributed by atoms with Gasteiger partial charge in [-0.25, -0.2) is 4.98 Å². The van der Waals surface area contributed by atoms with Crippen molar-refractivity contribution in [3.8, 4) is 0 Å². The smallest absolute Gasteiger partial charge is 0.197 e. The molecule has 1 aromatic rings. The average Bonchev–Trinajstić information content (AvgIpc) is 3.00. The molecular weight excluding hydrogens is 312 g/mol. The fourth-order valence-corrected chi connectivity index (χ4v) is 7.02. The first kappa shape index (κ1) is 9.40. The summed E-state index contributed by atoms with van der Waals surface area (Å²) >= 11 is 2.13. The van der Waals surface area contributed by atoms with Crippen molar-refractivity contribution in [2.24, 2.45) is 0 Å². The van der Waals surface area contributed by atoms with Crippen molar-refractivity contribution in [3.05, 3.63) is 10.1 Å². The van der Waals surface area contributed by atoms with Crippen LogP contribution in [0.3, 0.4) is 0 Å². The summed E-state index contributed by atoms with van der Waals surface area (Å²) in [5.41, 5.74) is 1.54. The Morgan fingerprint density at radius 3 is 2.29 bits per heavy atom. The average molecular weight is 323 g/mol. The lowest BCUT2D eigenvalue weighted by Crippen LogP contribution is -2.13. The summed E-state index contributed by atoms with van der Waals surface area (Å²) in [4.78, 5) is 4.05. The third-order valence-corrected chi connectivity index (χ3v) is 8.35. The highest BCUT2D eigenvalue weighted by Crippen LogP contribution is 2.69. The molecule has 0 atom stereocenters. The van der Waals surface area contributed by atoms with E-state index < -0.39 is 7.14 Å². The molecule has 1 aromatic heterocycles. The van der Waals surface area contributed by atoms with Crippen molar-refractivity contribution in [1.29, 1.82) is 0 Å². The Morgan fingerprint density at radius 2 is 1.93 bits per heavy atom. The van der Waals surface area contributed by atoms with Crippen LogP contribution >= 0.6 is 29.7 Å². The topological polar surface area (TPSA) is 43.1 Å². The Bertz CT molecular complexity index is 393. The van der Waals surface area contributed by atoms with Crippen LogP contribution in [0.1, 0.15) is 25.7 Å². The maximum Gasteiger partial charge on any atom is 0.197 e. The molecule has 0 N–H and O–H groups in total. The van der Waals surface area contributed by atoms with Crippen molar-refractivity contribution in [2.75, 3.05) is 0 Å². The maximum atomic E-state index is 12.9. The summed E-state index contributed by atoms with van der Waals surface area (Å²) in [6, 6.07) is 0. The summed E-state index contributed by atoms with van der Waals surface area (Å²) in [7, 11) is -2.22. The highest BCUT2D eigenvalue weighted by molar-refractivity contribution is 14.1. The molecule has 5 heteroatoms. The van der Waals surface area contributed by atoms with Gasteiger partial charge < -0.3 is 8.98 Å². The van der Waals surface area contributed by atoms with Gasteiger partial charge >= 0.3 is 0 Å². The van der Waals surface area contributed by atoms with Gasteiger partial charge in [-0.15, -0.1) is 0 Å². The molecule has 0 bridgehead atoms. The first-order valence-corrected chi connectivity index (χ1v) is 7.84. The third-order valence-electron chi connectivity index (χ3n) is 3.00. The van der Waals surface area contributed by atoms with Gasteiger partial charge in [-0.05, 0) is 48.3 Å². The molecule has 0 aromatic carbocycles. The lowest BCUT2D eigenvalue weighted by atomic mass is 10.9. The van der Waals surface area contributed by atoms with Gasteiger partial charge in [0.25, 0.3) is 0 Å². The van der Waals surface area contributed by atoms with E-state index in [2.05, 4.69) is 27.6 Å². The van der Waals surface area contributed by atoms with E-state index >= 15 is 0 Å². The third kappa shape index (κ3) is 1.30. The van der Waals surface area contributed by atoms with E-state index in [0.29, 0.717) is 16.8 Å². The van der Waals surface area contributed by atoms with Crippen LogP contribution in [0.15, 0.2) is 10.8 Å². The van der Waals surface area contributed by atoms with Crippen LogP contribution in [-0.4, -0.2) is 16.3 Å². The van der Waals surface area contributed by atoms with Gasteiger partial charge in [-0.1, -0.05) is 0 Å². The monoisotopic (exact) mass is 323 g/mol. The van der Waals surface area contributed by atoms with Gasteiger partial charge in [-0.3, -0.25) is 0 Å². The summed E-state index contributed by atoms with van der Waals surface area (Å²) in [5, 5.41) is 0. The standard InChI is InChI=1S/C9H11INO2P/c10-8-9(13-5-11-8)14(12,6-1-2-6)7-3-4-7/h5-7H,1-4H2. The second-order valence-electron chi connectivity index (χ2n) is 4.12. The summed E-state index contributed by atoms with van der Waals surface area (Å²) < 4.78 is 19.0. The number of aromatic nitrogens is 1. The minimum atomic E-state index is -2.22. The van der Waals surface area contributed by atoms with Crippen LogP contribution in [0, 0.1) is 3.70 Å². The van der Waals surface area contributed by atoms with Crippen molar-refractivity contribution >= 4 is 35.2 Å². The minimum absolute atomic E-state index is 0.413. The van der Waals surface area contributed by atoms with E-state index in [1.54, 1.807) is 0 Å². The van der Waals surface area contributed by atoms with Crippen molar-refractivity contribution in [2.45, 2.75) is 37.0 Å². The molecule has 3 rings (SSSR count). The van der Waals surface area contributed by atoms with Gasteiger partial charge in [0.15, 0.2) is 22.7 Å². The SMILES string of the molecule is O=P(c1ocnc1I)(C1CC1)C1CC1. The molecule has 3 nitrogen and oxygen atoms in total. The Hall–Kier alpha value is 0.170. The number of nitrogens with zero attached hydrogens (tertiary/aromatic N) is 1. The van der Waals surface area contributed by atoms with Gasteiger partial charge in [0.2, 0.25) is 0 Å². The lowest BCUT2D eigenvalue weighted by molar-refractivity contribution is 0.552. The molecular formula is C9H11INO2P. The van der Waals surface area contributed by atoms with Crippen molar-refractivity contribution in [1.82, 2.24) is 4.98 Å². The highest BCUT2D eigenvalue weighted by atomic mass is 127. The molecule has 2 aliphatic carbocycles.